The monoisotopic (exact) mass is 400 g/mol. The van der Waals surface area contributed by atoms with Crippen molar-refractivity contribution in [1.29, 1.82) is 5.26 Å². The van der Waals surface area contributed by atoms with Crippen LogP contribution >= 0.6 is 22.6 Å². The number of halogens is 1. The fourth-order valence-electron chi connectivity index (χ4n) is 1.62. The zero-order valence-electron chi connectivity index (χ0n) is 12.2. The number of carbonyl (C=O) groups excluding carboxylic acids is 1. The van der Waals surface area contributed by atoms with Gasteiger partial charge in [0.05, 0.1) is 17.3 Å². The van der Waals surface area contributed by atoms with Crippen molar-refractivity contribution >= 4 is 34.6 Å². The quantitative estimate of drug-likeness (QED) is 0.453. The summed E-state index contributed by atoms with van der Waals surface area (Å²) in [4.78, 5) is 11.5. The van der Waals surface area contributed by atoms with Gasteiger partial charge in [-0.15, -0.1) is 0 Å². The van der Waals surface area contributed by atoms with Gasteiger partial charge in [0.15, 0.2) is 11.5 Å². The van der Waals surface area contributed by atoms with E-state index in [-0.39, 0.29) is 5.57 Å². The highest BCUT2D eigenvalue weighted by Crippen LogP contribution is 2.34. The highest BCUT2D eigenvalue weighted by Gasteiger charge is 2.12. The van der Waals surface area contributed by atoms with E-state index in [4.69, 9.17) is 14.7 Å². The largest absolute Gasteiger partial charge is 0.493 e. The number of likely N-dealkylation sites (N-methyl/N-ethyl adjacent to an activating group) is 1. The molecule has 21 heavy (non-hydrogen) atoms. The molecule has 6 heteroatoms. The lowest BCUT2D eigenvalue weighted by atomic mass is 10.1. The van der Waals surface area contributed by atoms with Gasteiger partial charge in [0.1, 0.15) is 11.6 Å². The summed E-state index contributed by atoms with van der Waals surface area (Å²) in [6.07, 6.45) is 2.42. The van der Waals surface area contributed by atoms with Gasteiger partial charge in [-0.1, -0.05) is 6.92 Å². The molecule has 0 heterocycles. The molecule has 5 nitrogen and oxygen atoms in total. The molecule has 1 aromatic rings. The van der Waals surface area contributed by atoms with Crippen LogP contribution in [0.25, 0.3) is 6.08 Å². The van der Waals surface area contributed by atoms with Crippen molar-refractivity contribution in [3.05, 3.63) is 26.8 Å². The van der Waals surface area contributed by atoms with E-state index in [1.165, 1.54) is 13.1 Å². The molecular formula is C15H17IN2O3. The van der Waals surface area contributed by atoms with E-state index in [1.54, 1.807) is 13.2 Å². The molecule has 1 aromatic carbocycles. The first kappa shape index (κ1) is 17.3. The summed E-state index contributed by atoms with van der Waals surface area (Å²) in [6.45, 7) is 2.63. The van der Waals surface area contributed by atoms with Gasteiger partial charge >= 0.3 is 0 Å². The van der Waals surface area contributed by atoms with E-state index in [0.29, 0.717) is 23.7 Å². The molecule has 0 bridgehead atoms. The summed E-state index contributed by atoms with van der Waals surface area (Å²) in [6, 6.07) is 5.47. The zero-order valence-corrected chi connectivity index (χ0v) is 14.4. The van der Waals surface area contributed by atoms with Gasteiger partial charge < -0.3 is 14.8 Å². The van der Waals surface area contributed by atoms with E-state index in [1.807, 2.05) is 19.1 Å². The van der Waals surface area contributed by atoms with Gasteiger partial charge in [-0.25, -0.2) is 0 Å². The molecule has 0 saturated heterocycles. The van der Waals surface area contributed by atoms with Crippen LogP contribution in [-0.4, -0.2) is 26.7 Å². The number of hydrogen-bond donors (Lipinski definition) is 1. The summed E-state index contributed by atoms with van der Waals surface area (Å²) in [5.41, 5.74) is 0.748. The fourth-order valence-corrected chi connectivity index (χ4v) is 2.40. The number of ether oxygens (including phenoxy) is 2. The number of nitriles is 1. The molecule has 1 N–H and O–H groups in total. The molecule has 0 radical (unpaired) electrons. The molecule has 112 valence electrons. The van der Waals surface area contributed by atoms with Crippen LogP contribution in [0.1, 0.15) is 18.9 Å². The number of amides is 1. The van der Waals surface area contributed by atoms with Crippen LogP contribution in [-0.2, 0) is 4.79 Å². The van der Waals surface area contributed by atoms with Crippen molar-refractivity contribution in [3.63, 3.8) is 0 Å². The Bertz CT molecular complexity index is 591. The van der Waals surface area contributed by atoms with Gasteiger partial charge in [0, 0.05) is 7.05 Å². The molecule has 1 rings (SSSR count). The first-order chi connectivity index (χ1) is 10.1. The number of rotatable bonds is 6. The molecule has 0 aromatic heterocycles. The van der Waals surface area contributed by atoms with Crippen LogP contribution in [0.5, 0.6) is 11.5 Å². The number of carbonyl (C=O) groups is 1. The fraction of sp³-hybridized carbons (Fsp3) is 0.333. The number of hydrogen-bond acceptors (Lipinski definition) is 4. The Morgan fingerprint density at radius 2 is 2.24 bits per heavy atom. The maximum atomic E-state index is 11.5. The number of benzene rings is 1. The topological polar surface area (TPSA) is 71.3 Å². The lowest BCUT2D eigenvalue weighted by molar-refractivity contribution is -0.116. The van der Waals surface area contributed by atoms with Gasteiger partial charge in [-0.3, -0.25) is 4.79 Å². The third-order valence-corrected chi connectivity index (χ3v) is 3.41. The molecule has 1 amide bonds. The third kappa shape index (κ3) is 4.63. The number of nitrogens with one attached hydrogen (secondary N) is 1. The van der Waals surface area contributed by atoms with Crippen LogP contribution in [0.15, 0.2) is 17.7 Å². The molecule has 0 aliphatic heterocycles. The summed E-state index contributed by atoms with van der Waals surface area (Å²) in [7, 11) is 3.04. The molecule has 0 unspecified atom stereocenters. The van der Waals surface area contributed by atoms with Crippen molar-refractivity contribution < 1.29 is 14.3 Å². The van der Waals surface area contributed by atoms with Crippen LogP contribution in [0.4, 0.5) is 0 Å². The maximum absolute atomic E-state index is 11.5. The maximum Gasteiger partial charge on any atom is 0.261 e. The molecule has 0 atom stereocenters. The number of methoxy groups -OCH3 is 1. The Morgan fingerprint density at radius 3 is 2.76 bits per heavy atom. The van der Waals surface area contributed by atoms with Crippen LogP contribution in [0, 0.1) is 14.9 Å². The molecule has 0 aliphatic rings. The molecule has 0 saturated carbocycles. The number of nitrogens with zero attached hydrogens (tertiary/aromatic N) is 1. The second-order valence-corrected chi connectivity index (χ2v) is 5.29. The minimum atomic E-state index is -0.419. The Hall–Kier alpha value is -1.75. The highest BCUT2D eigenvalue weighted by atomic mass is 127. The Labute approximate surface area is 138 Å². The normalized spacial score (nSPS) is 10.7. The van der Waals surface area contributed by atoms with Crippen molar-refractivity contribution in [3.8, 4) is 17.6 Å². The average molecular weight is 400 g/mol. The molecular weight excluding hydrogens is 383 g/mol. The SMILES string of the molecule is CCCOc1c(I)cc(/C=C(/C#N)C(=O)NC)cc1OC. The molecule has 0 spiro atoms. The van der Waals surface area contributed by atoms with E-state index in [0.717, 1.165) is 9.99 Å². The van der Waals surface area contributed by atoms with E-state index in [9.17, 15) is 4.79 Å². The van der Waals surface area contributed by atoms with E-state index >= 15 is 0 Å². The summed E-state index contributed by atoms with van der Waals surface area (Å²) in [5.74, 6) is 0.837. The van der Waals surface area contributed by atoms with Crippen LogP contribution in [0.2, 0.25) is 0 Å². The van der Waals surface area contributed by atoms with Crippen molar-refractivity contribution in [2.75, 3.05) is 20.8 Å². The second-order valence-electron chi connectivity index (χ2n) is 4.13. The van der Waals surface area contributed by atoms with Crippen molar-refractivity contribution in [1.82, 2.24) is 5.32 Å². The first-order valence-corrected chi connectivity index (χ1v) is 7.49. The summed E-state index contributed by atoms with van der Waals surface area (Å²) >= 11 is 2.14. The van der Waals surface area contributed by atoms with Gasteiger partial charge in [0.25, 0.3) is 5.91 Å². The van der Waals surface area contributed by atoms with Crippen molar-refractivity contribution in [2.24, 2.45) is 0 Å². The lowest BCUT2D eigenvalue weighted by Gasteiger charge is -2.13. The Morgan fingerprint density at radius 1 is 1.52 bits per heavy atom. The smallest absolute Gasteiger partial charge is 0.261 e. The summed E-state index contributed by atoms with van der Waals surface area (Å²) < 4.78 is 11.9. The van der Waals surface area contributed by atoms with E-state index < -0.39 is 5.91 Å². The Kier molecular flexibility index (Phi) is 7.02. The van der Waals surface area contributed by atoms with Crippen LogP contribution < -0.4 is 14.8 Å². The summed E-state index contributed by atoms with van der Waals surface area (Å²) in [5, 5.41) is 11.4. The standard InChI is InChI=1S/C15H17IN2O3/c1-4-5-21-14-12(16)7-10(8-13(14)20-3)6-11(9-17)15(19)18-2/h6-8H,4-5H2,1-3H3,(H,18,19)/b11-6-. The minimum absolute atomic E-state index is 0.0394. The van der Waals surface area contributed by atoms with Gasteiger partial charge in [0.2, 0.25) is 0 Å². The Balaban J connectivity index is 3.22. The first-order valence-electron chi connectivity index (χ1n) is 6.41. The highest BCUT2D eigenvalue weighted by molar-refractivity contribution is 14.1. The predicted octanol–water partition coefficient (Wildman–Crippen LogP) is 2.74. The third-order valence-electron chi connectivity index (χ3n) is 2.61. The molecule has 0 fully saturated rings. The second kappa shape index (κ2) is 8.52. The van der Waals surface area contributed by atoms with Crippen molar-refractivity contribution in [2.45, 2.75) is 13.3 Å². The minimum Gasteiger partial charge on any atom is -0.493 e. The zero-order chi connectivity index (χ0) is 15.8. The predicted molar refractivity (Wildman–Crippen MR) is 89.2 cm³/mol. The lowest BCUT2D eigenvalue weighted by Crippen LogP contribution is -2.19. The van der Waals surface area contributed by atoms with E-state index in [2.05, 4.69) is 27.9 Å². The van der Waals surface area contributed by atoms with Crippen LogP contribution in [0.3, 0.4) is 0 Å². The van der Waals surface area contributed by atoms with Gasteiger partial charge in [-0.2, -0.15) is 5.26 Å². The van der Waals surface area contributed by atoms with Gasteiger partial charge in [-0.05, 0) is 52.8 Å². The average Bonchev–Trinajstić information content (AvgIpc) is 2.50. The molecule has 0 aliphatic carbocycles.